The van der Waals surface area contributed by atoms with Gasteiger partial charge in [-0.3, -0.25) is 9.69 Å². The predicted octanol–water partition coefficient (Wildman–Crippen LogP) is 3.58. The molecule has 1 saturated heterocycles. The van der Waals surface area contributed by atoms with E-state index >= 15 is 0 Å². The highest BCUT2D eigenvalue weighted by Crippen LogP contribution is 2.20. The summed E-state index contributed by atoms with van der Waals surface area (Å²) in [6, 6.07) is 8.41. The van der Waals surface area contributed by atoms with Crippen molar-refractivity contribution >= 4 is 11.9 Å². The Morgan fingerprint density at radius 1 is 1.21 bits per heavy atom. The third-order valence-electron chi connectivity index (χ3n) is 5.68. The number of methoxy groups -OCH3 is 1. The maximum atomic E-state index is 12.6. The summed E-state index contributed by atoms with van der Waals surface area (Å²) in [6.45, 7) is 9.59. The van der Waals surface area contributed by atoms with Crippen LogP contribution in [0.4, 0.5) is 0 Å². The number of esters is 1. The number of aromatic nitrogens is 1. The molecule has 1 fully saturated rings. The van der Waals surface area contributed by atoms with Crippen LogP contribution in [0.5, 0.6) is 0 Å². The highest BCUT2D eigenvalue weighted by Gasteiger charge is 2.22. The van der Waals surface area contributed by atoms with Gasteiger partial charge in [0, 0.05) is 25.3 Å². The van der Waals surface area contributed by atoms with E-state index in [2.05, 4.69) is 46.4 Å². The van der Waals surface area contributed by atoms with Crippen LogP contribution in [0.15, 0.2) is 24.3 Å². The van der Waals surface area contributed by atoms with Crippen LogP contribution in [0.25, 0.3) is 0 Å². The molecule has 0 bridgehead atoms. The number of H-pyrrole nitrogens is 1. The highest BCUT2D eigenvalue weighted by molar-refractivity contribution is 6.00. The van der Waals surface area contributed by atoms with Gasteiger partial charge in [0.25, 0.3) is 5.91 Å². The Kier molecular flexibility index (Phi) is 6.75. The van der Waals surface area contributed by atoms with Crippen LogP contribution in [0, 0.1) is 19.8 Å². The van der Waals surface area contributed by atoms with E-state index in [9.17, 15) is 9.59 Å². The van der Waals surface area contributed by atoms with E-state index in [4.69, 9.17) is 4.74 Å². The molecular weight excluding hydrogens is 366 g/mol. The molecule has 1 aliphatic rings. The SMILES string of the molecule is COC(=O)c1c(C)[nH]c(C(=O)NCc2ccc(CN3CCCC(C)C3)cc2)c1C. The third-order valence-corrected chi connectivity index (χ3v) is 5.68. The van der Waals surface area contributed by atoms with Crippen LogP contribution in [0.3, 0.4) is 0 Å². The number of carbonyl (C=O) groups excluding carboxylic acids is 2. The van der Waals surface area contributed by atoms with Gasteiger partial charge in [-0.2, -0.15) is 0 Å². The molecule has 1 unspecified atom stereocenters. The number of carbonyl (C=O) groups is 2. The largest absolute Gasteiger partial charge is 0.465 e. The maximum Gasteiger partial charge on any atom is 0.339 e. The third kappa shape index (κ3) is 5.07. The van der Waals surface area contributed by atoms with E-state index in [1.807, 2.05) is 0 Å². The molecule has 0 radical (unpaired) electrons. The molecule has 0 aliphatic carbocycles. The first-order valence-electron chi connectivity index (χ1n) is 10.2. The number of nitrogens with one attached hydrogen (secondary N) is 2. The van der Waals surface area contributed by atoms with Gasteiger partial charge in [0.1, 0.15) is 5.69 Å². The van der Waals surface area contributed by atoms with Crippen molar-refractivity contribution in [1.29, 1.82) is 0 Å². The lowest BCUT2D eigenvalue weighted by Gasteiger charge is -2.30. The van der Waals surface area contributed by atoms with Crippen molar-refractivity contribution in [2.45, 2.75) is 46.7 Å². The Morgan fingerprint density at radius 2 is 1.90 bits per heavy atom. The Bertz CT molecular complexity index is 870. The fourth-order valence-corrected chi connectivity index (χ4v) is 4.11. The van der Waals surface area contributed by atoms with Gasteiger partial charge in [-0.15, -0.1) is 0 Å². The van der Waals surface area contributed by atoms with Gasteiger partial charge in [-0.25, -0.2) is 4.79 Å². The monoisotopic (exact) mass is 397 g/mol. The van der Waals surface area contributed by atoms with Gasteiger partial charge < -0.3 is 15.0 Å². The maximum absolute atomic E-state index is 12.6. The number of hydrogen-bond acceptors (Lipinski definition) is 4. The summed E-state index contributed by atoms with van der Waals surface area (Å²) in [6.07, 6.45) is 2.61. The topological polar surface area (TPSA) is 74.4 Å². The molecule has 1 aromatic carbocycles. The standard InChI is InChI=1S/C23H31N3O3/c1-15-6-5-11-26(13-15)14-19-9-7-18(8-10-19)12-24-22(27)21-16(2)20(17(3)25-21)23(28)29-4/h7-10,15,25H,5-6,11-14H2,1-4H3,(H,24,27). The van der Waals surface area contributed by atoms with Crippen molar-refractivity contribution in [2.24, 2.45) is 5.92 Å². The van der Waals surface area contributed by atoms with Crippen molar-refractivity contribution in [3.63, 3.8) is 0 Å². The van der Waals surface area contributed by atoms with Crippen LogP contribution in [-0.4, -0.2) is 42.0 Å². The highest BCUT2D eigenvalue weighted by atomic mass is 16.5. The molecule has 1 amide bonds. The first-order valence-corrected chi connectivity index (χ1v) is 10.2. The number of aryl methyl sites for hydroxylation is 1. The zero-order valence-corrected chi connectivity index (χ0v) is 17.8. The minimum absolute atomic E-state index is 0.230. The molecular formula is C23H31N3O3. The molecule has 29 heavy (non-hydrogen) atoms. The van der Waals surface area contributed by atoms with E-state index in [1.165, 1.54) is 38.6 Å². The number of hydrogen-bond donors (Lipinski definition) is 2. The fraction of sp³-hybridized carbons (Fsp3) is 0.478. The number of nitrogens with zero attached hydrogens (tertiary/aromatic N) is 1. The van der Waals surface area contributed by atoms with Gasteiger partial charge in [0.05, 0.1) is 12.7 Å². The van der Waals surface area contributed by atoms with Crippen LogP contribution in [0.1, 0.15) is 63.0 Å². The second-order valence-electron chi connectivity index (χ2n) is 8.10. The second-order valence-corrected chi connectivity index (χ2v) is 8.10. The summed E-state index contributed by atoms with van der Waals surface area (Å²) in [7, 11) is 1.34. The lowest BCUT2D eigenvalue weighted by Crippen LogP contribution is -2.33. The Balaban J connectivity index is 1.57. The van der Waals surface area contributed by atoms with Gasteiger partial charge in [-0.1, -0.05) is 31.2 Å². The summed E-state index contributed by atoms with van der Waals surface area (Å²) in [5, 5.41) is 2.93. The average Bonchev–Trinajstić information content (AvgIpc) is 3.01. The minimum atomic E-state index is -0.436. The molecule has 6 nitrogen and oxygen atoms in total. The molecule has 1 aromatic heterocycles. The van der Waals surface area contributed by atoms with Gasteiger partial charge in [-0.05, 0) is 55.8 Å². The summed E-state index contributed by atoms with van der Waals surface area (Å²) in [5.41, 5.74) is 4.41. The van der Waals surface area contributed by atoms with E-state index in [0.717, 1.165) is 18.0 Å². The molecule has 2 aromatic rings. The van der Waals surface area contributed by atoms with Crippen LogP contribution >= 0.6 is 0 Å². The lowest BCUT2D eigenvalue weighted by atomic mass is 9.99. The summed E-state index contributed by atoms with van der Waals surface area (Å²) in [4.78, 5) is 30.0. The molecule has 0 spiro atoms. The summed E-state index contributed by atoms with van der Waals surface area (Å²) >= 11 is 0. The quantitative estimate of drug-likeness (QED) is 0.731. The van der Waals surface area contributed by atoms with Crippen molar-refractivity contribution in [3.8, 4) is 0 Å². The van der Waals surface area contributed by atoms with E-state index in [-0.39, 0.29) is 5.91 Å². The van der Waals surface area contributed by atoms with Crippen molar-refractivity contribution in [1.82, 2.24) is 15.2 Å². The molecule has 0 saturated carbocycles. The number of aromatic amines is 1. The molecule has 3 rings (SSSR count). The van der Waals surface area contributed by atoms with Crippen LogP contribution in [-0.2, 0) is 17.8 Å². The first-order chi connectivity index (χ1) is 13.9. The average molecular weight is 398 g/mol. The molecule has 6 heteroatoms. The number of benzene rings is 1. The molecule has 2 heterocycles. The lowest BCUT2D eigenvalue weighted by molar-refractivity contribution is 0.0599. The van der Waals surface area contributed by atoms with E-state index < -0.39 is 5.97 Å². The Labute approximate surface area is 172 Å². The van der Waals surface area contributed by atoms with Gasteiger partial charge in [0.2, 0.25) is 0 Å². The van der Waals surface area contributed by atoms with E-state index in [0.29, 0.717) is 29.1 Å². The minimum Gasteiger partial charge on any atom is -0.465 e. The number of likely N-dealkylation sites (tertiary alicyclic amines) is 1. The van der Waals surface area contributed by atoms with Crippen molar-refractivity contribution in [3.05, 3.63) is 57.9 Å². The smallest absolute Gasteiger partial charge is 0.339 e. The predicted molar refractivity (Wildman–Crippen MR) is 113 cm³/mol. The molecule has 156 valence electrons. The summed E-state index contributed by atoms with van der Waals surface area (Å²) < 4.78 is 4.80. The Morgan fingerprint density at radius 3 is 2.55 bits per heavy atom. The van der Waals surface area contributed by atoms with Gasteiger partial charge >= 0.3 is 5.97 Å². The molecule has 2 N–H and O–H groups in total. The van der Waals surface area contributed by atoms with Crippen molar-refractivity contribution in [2.75, 3.05) is 20.2 Å². The summed E-state index contributed by atoms with van der Waals surface area (Å²) in [5.74, 6) is 0.110. The number of rotatable bonds is 6. The fourth-order valence-electron chi connectivity index (χ4n) is 4.11. The molecule has 1 aliphatic heterocycles. The zero-order chi connectivity index (χ0) is 21.0. The molecule has 1 atom stereocenters. The Hall–Kier alpha value is -2.60. The second kappa shape index (κ2) is 9.27. The van der Waals surface area contributed by atoms with Gasteiger partial charge in [0.15, 0.2) is 0 Å². The number of piperidine rings is 1. The number of amides is 1. The van der Waals surface area contributed by atoms with Crippen LogP contribution in [0.2, 0.25) is 0 Å². The zero-order valence-electron chi connectivity index (χ0n) is 17.8. The van der Waals surface area contributed by atoms with Crippen molar-refractivity contribution < 1.29 is 14.3 Å². The number of ether oxygens (including phenoxy) is 1. The van der Waals surface area contributed by atoms with Crippen LogP contribution < -0.4 is 5.32 Å². The van der Waals surface area contributed by atoms with E-state index in [1.54, 1.807) is 13.8 Å². The normalized spacial score (nSPS) is 17.2. The first kappa shape index (κ1) is 21.1.